The minimum atomic E-state index is -0.249. The number of hydrogen-bond acceptors (Lipinski definition) is 4. The lowest BCUT2D eigenvalue weighted by Crippen LogP contribution is -2.53. The van der Waals surface area contributed by atoms with Crippen molar-refractivity contribution in [3.8, 4) is 0 Å². The van der Waals surface area contributed by atoms with E-state index in [1.165, 1.54) is 0 Å². The highest BCUT2D eigenvalue weighted by Gasteiger charge is 2.26. The third-order valence-electron chi connectivity index (χ3n) is 5.87. The van der Waals surface area contributed by atoms with Crippen LogP contribution in [0.3, 0.4) is 0 Å². The number of para-hydroxylation sites is 1. The predicted octanol–water partition coefficient (Wildman–Crippen LogP) is 4.08. The third kappa shape index (κ3) is 5.46. The number of nitrogens with one attached hydrogen (secondary N) is 2. The molecular weight excluding hydrogens is 424 g/mol. The number of fused-ring (bicyclic) bond motifs is 1. The molecule has 7 heteroatoms. The summed E-state index contributed by atoms with van der Waals surface area (Å²) >= 11 is 6.11. The summed E-state index contributed by atoms with van der Waals surface area (Å²) in [5.41, 5.74) is 1.42. The molecule has 0 saturated carbocycles. The van der Waals surface area contributed by atoms with Crippen molar-refractivity contribution >= 4 is 45.6 Å². The Balaban J connectivity index is 1.26. The maximum Gasteiger partial charge on any atom is 0.241 e. The Labute approximate surface area is 193 Å². The summed E-state index contributed by atoms with van der Waals surface area (Å²) in [6.45, 7) is 5.14. The number of rotatable bonds is 6. The average Bonchev–Trinajstić information content (AvgIpc) is 2.80. The molecule has 1 fully saturated rings. The Hall–Kier alpha value is -2.93. The summed E-state index contributed by atoms with van der Waals surface area (Å²) in [5.74, 6) is -0.112. The van der Waals surface area contributed by atoms with Crippen LogP contribution in [-0.4, -0.2) is 60.4 Å². The number of carbonyl (C=O) groups is 2. The van der Waals surface area contributed by atoms with Crippen LogP contribution in [0.5, 0.6) is 0 Å². The smallest absolute Gasteiger partial charge is 0.241 e. The Morgan fingerprint density at radius 3 is 2.34 bits per heavy atom. The molecule has 3 aromatic rings. The van der Waals surface area contributed by atoms with Gasteiger partial charge < -0.3 is 10.6 Å². The second-order valence-electron chi connectivity index (χ2n) is 8.07. The van der Waals surface area contributed by atoms with Crippen LogP contribution < -0.4 is 10.6 Å². The number of anilines is 2. The lowest BCUT2D eigenvalue weighted by atomic mass is 10.1. The monoisotopic (exact) mass is 450 g/mol. The van der Waals surface area contributed by atoms with Gasteiger partial charge in [-0.2, -0.15) is 0 Å². The predicted molar refractivity (Wildman–Crippen MR) is 130 cm³/mol. The zero-order chi connectivity index (χ0) is 22.5. The summed E-state index contributed by atoms with van der Waals surface area (Å²) in [4.78, 5) is 29.4. The van der Waals surface area contributed by atoms with Gasteiger partial charge in [-0.15, -0.1) is 0 Å². The Bertz CT molecular complexity index is 1110. The molecule has 1 saturated heterocycles. The number of carbonyl (C=O) groups excluding carboxylic acids is 2. The standard InChI is InChI=1S/C25H27ClN4O2/c1-18(25(32)27-21-11-10-19-6-2-3-7-20(19)16-21)30-14-12-29(13-15-30)17-24(31)28-23-9-5-4-8-22(23)26/h2-11,16,18H,12-15,17H2,1H3,(H,27,32)(H,28,31). The van der Waals surface area contributed by atoms with Gasteiger partial charge >= 0.3 is 0 Å². The van der Waals surface area contributed by atoms with E-state index in [1.54, 1.807) is 12.1 Å². The zero-order valence-electron chi connectivity index (χ0n) is 18.1. The Morgan fingerprint density at radius 2 is 1.59 bits per heavy atom. The average molecular weight is 451 g/mol. The van der Waals surface area contributed by atoms with Crippen molar-refractivity contribution in [3.05, 3.63) is 71.8 Å². The van der Waals surface area contributed by atoms with E-state index in [-0.39, 0.29) is 17.9 Å². The van der Waals surface area contributed by atoms with Gasteiger partial charge in [-0.1, -0.05) is 54.1 Å². The third-order valence-corrected chi connectivity index (χ3v) is 6.20. The fourth-order valence-electron chi connectivity index (χ4n) is 3.94. The molecule has 6 nitrogen and oxygen atoms in total. The van der Waals surface area contributed by atoms with Gasteiger partial charge in [0.1, 0.15) is 0 Å². The van der Waals surface area contributed by atoms with Crippen LogP contribution in [0, 0.1) is 0 Å². The first-order valence-electron chi connectivity index (χ1n) is 10.8. The highest BCUT2D eigenvalue weighted by Crippen LogP contribution is 2.21. The van der Waals surface area contributed by atoms with Crippen molar-refractivity contribution < 1.29 is 9.59 Å². The molecule has 4 rings (SSSR count). The molecule has 3 aromatic carbocycles. The first-order chi connectivity index (χ1) is 15.5. The van der Waals surface area contributed by atoms with Gasteiger partial charge in [-0.25, -0.2) is 0 Å². The number of piperazine rings is 1. The molecule has 0 aliphatic carbocycles. The summed E-state index contributed by atoms with van der Waals surface area (Å²) in [7, 11) is 0. The van der Waals surface area contributed by atoms with E-state index in [1.807, 2.05) is 55.5 Å². The van der Waals surface area contributed by atoms with Gasteiger partial charge in [-0.05, 0) is 42.0 Å². The van der Waals surface area contributed by atoms with Crippen LogP contribution in [-0.2, 0) is 9.59 Å². The summed E-state index contributed by atoms with van der Waals surface area (Å²) in [6.07, 6.45) is 0. The molecule has 32 heavy (non-hydrogen) atoms. The van der Waals surface area contributed by atoms with Crippen molar-refractivity contribution in [2.45, 2.75) is 13.0 Å². The van der Waals surface area contributed by atoms with E-state index < -0.39 is 0 Å². The maximum atomic E-state index is 12.8. The number of amides is 2. The molecule has 2 amide bonds. The van der Waals surface area contributed by atoms with E-state index in [9.17, 15) is 9.59 Å². The van der Waals surface area contributed by atoms with Crippen molar-refractivity contribution in [2.75, 3.05) is 43.4 Å². The van der Waals surface area contributed by atoms with Crippen LogP contribution in [0.1, 0.15) is 6.92 Å². The lowest BCUT2D eigenvalue weighted by Gasteiger charge is -2.37. The first kappa shape index (κ1) is 22.3. The van der Waals surface area contributed by atoms with Crippen LogP contribution >= 0.6 is 11.6 Å². The SMILES string of the molecule is CC(C(=O)Nc1ccc2ccccc2c1)N1CCN(CC(=O)Nc2ccccc2Cl)CC1. The number of benzene rings is 3. The second-order valence-corrected chi connectivity index (χ2v) is 8.47. The van der Waals surface area contributed by atoms with Crippen molar-refractivity contribution in [1.82, 2.24) is 9.80 Å². The van der Waals surface area contributed by atoms with E-state index in [4.69, 9.17) is 11.6 Å². The Kier molecular flexibility index (Phi) is 7.05. The molecule has 166 valence electrons. The van der Waals surface area contributed by atoms with Crippen molar-refractivity contribution in [3.63, 3.8) is 0 Å². The molecular formula is C25H27ClN4O2. The minimum Gasteiger partial charge on any atom is -0.325 e. The molecule has 0 bridgehead atoms. The first-order valence-corrected chi connectivity index (χ1v) is 11.2. The lowest BCUT2D eigenvalue weighted by molar-refractivity contribution is -0.122. The fourth-order valence-corrected chi connectivity index (χ4v) is 4.13. The van der Waals surface area contributed by atoms with Gasteiger partial charge in [0.2, 0.25) is 11.8 Å². The Morgan fingerprint density at radius 1 is 0.906 bits per heavy atom. The number of nitrogens with zero attached hydrogens (tertiary/aromatic N) is 2. The van der Waals surface area contributed by atoms with E-state index >= 15 is 0 Å². The molecule has 1 heterocycles. The fraction of sp³-hybridized carbons (Fsp3) is 0.280. The van der Waals surface area contributed by atoms with Crippen molar-refractivity contribution in [2.24, 2.45) is 0 Å². The van der Waals surface area contributed by atoms with Crippen LogP contribution in [0.15, 0.2) is 66.7 Å². The molecule has 1 aliphatic heterocycles. The van der Waals surface area contributed by atoms with Gasteiger partial charge in [0.15, 0.2) is 0 Å². The largest absolute Gasteiger partial charge is 0.325 e. The normalized spacial score (nSPS) is 15.9. The summed E-state index contributed by atoms with van der Waals surface area (Å²) in [5, 5.41) is 8.67. The number of hydrogen-bond donors (Lipinski definition) is 2. The van der Waals surface area contributed by atoms with E-state index in [0.717, 1.165) is 42.6 Å². The molecule has 0 aromatic heterocycles. The quantitative estimate of drug-likeness (QED) is 0.594. The topological polar surface area (TPSA) is 64.7 Å². The molecule has 0 spiro atoms. The van der Waals surface area contributed by atoms with Crippen molar-refractivity contribution in [1.29, 1.82) is 0 Å². The van der Waals surface area contributed by atoms with Crippen LogP contribution in [0.2, 0.25) is 5.02 Å². The second kappa shape index (κ2) is 10.1. The molecule has 2 N–H and O–H groups in total. The molecule has 1 aliphatic rings. The van der Waals surface area contributed by atoms with E-state index in [2.05, 4.69) is 26.5 Å². The molecule has 0 radical (unpaired) electrons. The van der Waals surface area contributed by atoms with Gasteiger partial charge in [0.05, 0.1) is 23.3 Å². The van der Waals surface area contributed by atoms with Crippen LogP contribution in [0.25, 0.3) is 10.8 Å². The minimum absolute atomic E-state index is 0.0230. The summed E-state index contributed by atoms with van der Waals surface area (Å²) < 4.78 is 0. The number of halogens is 1. The molecule has 1 atom stereocenters. The highest BCUT2D eigenvalue weighted by molar-refractivity contribution is 6.33. The van der Waals surface area contributed by atoms with Gasteiger partial charge in [0.25, 0.3) is 0 Å². The zero-order valence-corrected chi connectivity index (χ0v) is 18.8. The summed E-state index contributed by atoms with van der Waals surface area (Å²) in [6, 6.07) is 21.0. The molecule has 1 unspecified atom stereocenters. The van der Waals surface area contributed by atoms with Gasteiger partial charge in [-0.3, -0.25) is 19.4 Å². The van der Waals surface area contributed by atoms with E-state index in [0.29, 0.717) is 17.3 Å². The van der Waals surface area contributed by atoms with Gasteiger partial charge in [0, 0.05) is 31.9 Å². The van der Waals surface area contributed by atoms with Crippen LogP contribution in [0.4, 0.5) is 11.4 Å². The maximum absolute atomic E-state index is 12.8. The highest BCUT2D eigenvalue weighted by atomic mass is 35.5.